The lowest BCUT2D eigenvalue weighted by Crippen LogP contribution is -2.40. The molecule has 0 aliphatic rings. The number of carbonyl (C=O) groups is 3. The molecule has 0 aliphatic heterocycles. The fourth-order valence-corrected chi connectivity index (χ4v) is 2.95. The number of nitrogens with zero attached hydrogens (tertiary/aromatic N) is 5. The standard InChI is InChI=1S/C23H34N8O4/c1-16-27-29-21(30-28-16)18-7-5-17(6-8-18)15-26-20(33)10-13-31(12-9-19(24)32)14-11-25-22(34)35-23(2,3)4/h5-8H,9-15H2,1-4H3,(H2,24,32)(H,25,34)(H,26,33). The Bertz CT molecular complexity index is 975. The van der Waals surface area contributed by atoms with Crippen LogP contribution in [0.5, 0.6) is 0 Å². The average Bonchev–Trinajstić information content (AvgIpc) is 2.78. The topological polar surface area (TPSA) is 165 Å². The Balaban J connectivity index is 1.78. The monoisotopic (exact) mass is 486 g/mol. The zero-order chi connectivity index (χ0) is 25.8. The summed E-state index contributed by atoms with van der Waals surface area (Å²) in [5.74, 6) is 0.378. The molecule has 0 bridgehead atoms. The summed E-state index contributed by atoms with van der Waals surface area (Å²) in [5, 5.41) is 21.4. The third-order valence-corrected chi connectivity index (χ3v) is 4.71. The fourth-order valence-electron chi connectivity index (χ4n) is 2.95. The third kappa shape index (κ3) is 11.3. The molecule has 0 unspecified atom stereocenters. The molecule has 2 rings (SSSR count). The number of nitrogens with one attached hydrogen (secondary N) is 2. The van der Waals surface area contributed by atoms with Gasteiger partial charge >= 0.3 is 6.09 Å². The summed E-state index contributed by atoms with van der Waals surface area (Å²) in [7, 11) is 0. The van der Waals surface area contributed by atoms with Gasteiger partial charge in [-0.15, -0.1) is 20.4 Å². The zero-order valence-electron chi connectivity index (χ0n) is 20.7. The lowest BCUT2D eigenvalue weighted by atomic mass is 10.1. The van der Waals surface area contributed by atoms with Crippen molar-refractivity contribution in [3.63, 3.8) is 0 Å². The van der Waals surface area contributed by atoms with Crippen LogP contribution in [0, 0.1) is 6.92 Å². The molecule has 0 saturated heterocycles. The highest BCUT2D eigenvalue weighted by Crippen LogP contribution is 2.14. The molecule has 0 radical (unpaired) electrons. The largest absolute Gasteiger partial charge is 0.444 e. The van der Waals surface area contributed by atoms with Gasteiger partial charge in [0.1, 0.15) is 5.60 Å². The number of hydrogen-bond acceptors (Lipinski definition) is 9. The Morgan fingerprint density at radius 1 is 0.943 bits per heavy atom. The summed E-state index contributed by atoms with van der Waals surface area (Å²) in [5.41, 5.74) is 6.38. The van der Waals surface area contributed by atoms with Gasteiger partial charge in [0.2, 0.25) is 17.6 Å². The maximum absolute atomic E-state index is 12.4. The molecule has 35 heavy (non-hydrogen) atoms. The molecule has 0 saturated carbocycles. The van der Waals surface area contributed by atoms with Crippen molar-refractivity contribution in [3.8, 4) is 11.4 Å². The molecule has 12 heteroatoms. The van der Waals surface area contributed by atoms with E-state index in [-0.39, 0.29) is 18.7 Å². The smallest absolute Gasteiger partial charge is 0.407 e. The molecule has 0 aliphatic carbocycles. The van der Waals surface area contributed by atoms with Crippen LogP contribution in [-0.4, -0.2) is 75.0 Å². The van der Waals surface area contributed by atoms with E-state index in [1.807, 2.05) is 29.2 Å². The van der Waals surface area contributed by atoms with Crippen molar-refractivity contribution in [3.05, 3.63) is 35.7 Å². The van der Waals surface area contributed by atoms with Gasteiger partial charge in [0, 0.05) is 51.1 Å². The first-order chi connectivity index (χ1) is 16.5. The minimum absolute atomic E-state index is 0.131. The highest BCUT2D eigenvalue weighted by atomic mass is 16.6. The van der Waals surface area contributed by atoms with Crippen LogP contribution in [-0.2, 0) is 20.9 Å². The number of aryl methyl sites for hydroxylation is 1. The minimum Gasteiger partial charge on any atom is -0.444 e. The second kappa shape index (κ2) is 13.3. The number of amides is 3. The predicted octanol–water partition coefficient (Wildman–Crippen LogP) is 0.950. The van der Waals surface area contributed by atoms with Crippen LogP contribution in [0.1, 0.15) is 45.0 Å². The van der Waals surface area contributed by atoms with E-state index < -0.39 is 17.6 Å². The van der Waals surface area contributed by atoms with Crippen molar-refractivity contribution in [1.82, 2.24) is 35.9 Å². The molecule has 1 aromatic carbocycles. The third-order valence-electron chi connectivity index (χ3n) is 4.71. The number of alkyl carbamates (subject to hydrolysis) is 1. The van der Waals surface area contributed by atoms with Gasteiger partial charge in [-0.1, -0.05) is 24.3 Å². The summed E-state index contributed by atoms with van der Waals surface area (Å²) in [6.07, 6.45) is -0.119. The van der Waals surface area contributed by atoms with Crippen molar-refractivity contribution in [1.29, 1.82) is 0 Å². The number of primary amides is 1. The number of benzene rings is 1. The second-order valence-corrected chi connectivity index (χ2v) is 8.98. The summed E-state index contributed by atoms with van der Waals surface area (Å²) in [6, 6.07) is 7.44. The molecule has 1 aromatic heterocycles. The Labute approximate surface area is 205 Å². The minimum atomic E-state index is -0.586. The first-order valence-corrected chi connectivity index (χ1v) is 11.4. The Kier molecular flexibility index (Phi) is 10.5. The molecule has 3 amide bonds. The van der Waals surface area contributed by atoms with Crippen molar-refractivity contribution in [2.24, 2.45) is 5.73 Å². The molecule has 2 aromatic rings. The van der Waals surface area contributed by atoms with Crippen molar-refractivity contribution in [2.45, 2.75) is 52.7 Å². The van der Waals surface area contributed by atoms with E-state index in [0.717, 1.165) is 11.1 Å². The van der Waals surface area contributed by atoms with Gasteiger partial charge in [0.15, 0.2) is 5.82 Å². The first-order valence-electron chi connectivity index (χ1n) is 11.4. The number of carbonyl (C=O) groups excluding carboxylic acids is 3. The molecule has 4 N–H and O–H groups in total. The number of rotatable bonds is 12. The summed E-state index contributed by atoms with van der Waals surface area (Å²) >= 11 is 0. The number of ether oxygens (including phenoxy) is 1. The maximum atomic E-state index is 12.4. The Morgan fingerprint density at radius 3 is 2.17 bits per heavy atom. The number of hydrogen-bond donors (Lipinski definition) is 3. The zero-order valence-corrected chi connectivity index (χ0v) is 20.7. The quantitative estimate of drug-likeness (QED) is 0.396. The SMILES string of the molecule is Cc1nnc(-c2ccc(CNC(=O)CCN(CCNC(=O)OC(C)(C)C)CCC(N)=O)cc2)nn1. The maximum Gasteiger partial charge on any atom is 0.407 e. The van der Waals surface area contributed by atoms with E-state index in [1.165, 1.54) is 0 Å². The van der Waals surface area contributed by atoms with Crippen molar-refractivity contribution < 1.29 is 19.1 Å². The lowest BCUT2D eigenvalue weighted by Gasteiger charge is -2.23. The van der Waals surface area contributed by atoms with E-state index in [2.05, 4.69) is 31.0 Å². The molecule has 190 valence electrons. The van der Waals surface area contributed by atoms with Gasteiger partial charge in [-0.2, -0.15) is 0 Å². The molecule has 12 nitrogen and oxygen atoms in total. The second-order valence-electron chi connectivity index (χ2n) is 8.98. The van der Waals surface area contributed by atoms with E-state index in [1.54, 1.807) is 27.7 Å². The molecule has 1 heterocycles. The van der Waals surface area contributed by atoms with Gasteiger partial charge in [-0.3, -0.25) is 9.59 Å². The van der Waals surface area contributed by atoms with Gasteiger partial charge in [0.05, 0.1) is 0 Å². The summed E-state index contributed by atoms with van der Waals surface area (Å²) in [4.78, 5) is 37.3. The van der Waals surface area contributed by atoms with Crippen LogP contribution in [0.4, 0.5) is 4.79 Å². The van der Waals surface area contributed by atoms with Crippen LogP contribution in [0.3, 0.4) is 0 Å². The van der Waals surface area contributed by atoms with Crippen LogP contribution >= 0.6 is 0 Å². The fraction of sp³-hybridized carbons (Fsp3) is 0.522. The average molecular weight is 487 g/mol. The summed E-state index contributed by atoms with van der Waals surface area (Å²) < 4.78 is 5.21. The van der Waals surface area contributed by atoms with E-state index in [0.29, 0.717) is 44.4 Å². The van der Waals surface area contributed by atoms with Gasteiger partial charge in [-0.05, 0) is 33.3 Å². The van der Waals surface area contributed by atoms with Crippen molar-refractivity contribution >= 4 is 17.9 Å². The van der Waals surface area contributed by atoms with Crippen LogP contribution in [0.15, 0.2) is 24.3 Å². The summed E-state index contributed by atoms with van der Waals surface area (Å²) in [6.45, 7) is 9.01. The molecular formula is C23H34N8O4. The Hall–Kier alpha value is -3.67. The number of aromatic nitrogens is 4. The van der Waals surface area contributed by atoms with Crippen LogP contribution < -0.4 is 16.4 Å². The van der Waals surface area contributed by atoms with Gasteiger partial charge < -0.3 is 26.0 Å². The van der Waals surface area contributed by atoms with Crippen LogP contribution in [0.25, 0.3) is 11.4 Å². The van der Waals surface area contributed by atoms with E-state index >= 15 is 0 Å². The van der Waals surface area contributed by atoms with Crippen LogP contribution in [0.2, 0.25) is 0 Å². The Morgan fingerprint density at radius 2 is 1.57 bits per heavy atom. The van der Waals surface area contributed by atoms with E-state index in [9.17, 15) is 14.4 Å². The predicted molar refractivity (Wildman–Crippen MR) is 129 cm³/mol. The highest BCUT2D eigenvalue weighted by Gasteiger charge is 2.16. The molecular weight excluding hydrogens is 452 g/mol. The highest BCUT2D eigenvalue weighted by molar-refractivity contribution is 5.76. The van der Waals surface area contributed by atoms with Gasteiger partial charge in [0.25, 0.3) is 0 Å². The van der Waals surface area contributed by atoms with Gasteiger partial charge in [-0.25, -0.2) is 4.79 Å². The molecule has 0 fully saturated rings. The first kappa shape index (κ1) is 27.6. The lowest BCUT2D eigenvalue weighted by molar-refractivity contribution is -0.121. The van der Waals surface area contributed by atoms with E-state index in [4.69, 9.17) is 10.5 Å². The molecule has 0 atom stereocenters. The number of nitrogens with two attached hydrogens (primary N) is 1. The normalized spacial score (nSPS) is 11.2. The molecule has 0 spiro atoms. The van der Waals surface area contributed by atoms with Crippen molar-refractivity contribution in [2.75, 3.05) is 26.2 Å².